The van der Waals surface area contributed by atoms with Crippen molar-refractivity contribution in [2.45, 2.75) is 32.6 Å². The Morgan fingerprint density at radius 2 is 2.12 bits per heavy atom. The van der Waals surface area contributed by atoms with Crippen LogP contribution in [0.4, 0.5) is 5.69 Å². The Bertz CT molecular complexity index is 380. The molecular formula is C13H19IN2O. The zero-order valence-corrected chi connectivity index (χ0v) is 12.3. The maximum Gasteiger partial charge on any atom is 0.224 e. The molecule has 0 radical (unpaired) electrons. The number of carbonyl (C=O) groups is 1. The van der Waals surface area contributed by atoms with Gasteiger partial charge in [0.05, 0.1) is 0 Å². The van der Waals surface area contributed by atoms with Gasteiger partial charge in [-0.25, -0.2) is 0 Å². The van der Waals surface area contributed by atoms with E-state index in [9.17, 15) is 4.79 Å². The molecule has 0 spiro atoms. The summed E-state index contributed by atoms with van der Waals surface area (Å²) in [6, 6.07) is 5.93. The minimum atomic E-state index is 0.0899. The average Bonchev–Trinajstić information content (AvgIpc) is 2.31. The topological polar surface area (TPSA) is 55.1 Å². The summed E-state index contributed by atoms with van der Waals surface area (Å²) in [4.78, 5) is 11.7. The number of benzene rings is 1. The molecule has 0 heterocycles. The lowest BCUT2D eigenvalue weighted by Crippen LogP contribution is -2.12. The molecule has 1 aromatic rings. The van der Waals surface area contributed by atoms with Crippen LogP contribution in [0.25, 0.3) is 0 Å². The van der Waals surface area contributed by atoms with Gasteiger partial charge in [0.25, 0.3) is 0 Å². The van der Waals surface area contributed by atoms with E-state index in [0.29, 0.717) is 13.0 Å². The molecule has 0 fully saturated rings. The third-order valence-electron chi connectivity index (χ3n) is 2.65. The number of nitrogens with one attached hydrogen (secondary N) is 1. The number of hydrogen-bond acceptors (Lipinski definition) is 2. The van der Waals surface area contributed by atoms with Gasteiger partial charge >= 0.3 is 0 Å². The number of unbranched alkanes of at least 4 members (excludes halogenated alkanes) is 2. The van der Waals surface area contributed by atoms with Crippen molar-refractivity contribution in [1.82, 2.24) is 0 Å². The van der Waals surface area contributed by atoms with Gasteiger partial charge < -0.3 is 11.1 Å². The molecule has 0 aliphatic heterocycles. The van der Waals surface area contributed by atoms with Crippen LogP contribution >= 0.6 is 22.6 Å². The monoisotopic (exact) mass is 346 g/mol. The van der Waals surface area contributed by atoms with Crippen LogP contribution in [0.15, 0.2) is 18.2 Å². The first-order valence-electron chi connectivity index (χ1n) is 5.90. The summed E-state index contributed by atoms with van der Waals surface area (Å²) in [6.07, 6.45) is 3.50. The van der Waals surface area contributed by atoms with E-state index < -0.39 is 0 Å². The third-order valence-corrected chi connectivity index (χ3v) is 3.82. The molecular weight excluding hydrogens is 327 g/mol. The lowest BCUT2D eigenvalue weighted by atomic mass is 10.1. The second kappa shape index (κ2) is 7.66. The quantitative estimate of drug-likeness (QED) is 0.614. The van der Waals surface area contributed by atoms with Crippen molar-refractivity contribution < 1.29 is 4.79 Å². The Morgan fingerprint density at radius 3 is 2.82 bits per heavy atom. The molecule has 1 rings (SSSR count). The molecule has 3 nitrogen and oxygen atoms in total. The van der Waals surface area contributed by atoms with Gasteiger partial charge in [0, 0.05) is 15.7 Å². The Kier molecular flexibility index (Phi) is 6.50. The van der Waals surface area contributed by atoms with Crippen LogP contribution < -0.4 is 11.1 Å². The number of rotatable bonds is 6. The molecule has 1 aromatic carbocycles. The molecule has 0 bridgehead atoms. The molecule has 0 aliphatic carbocycles. The van der Waals surface area contributed by atoms with Gasteiger partial charge in [0.2, 0.25) is 5.91 Å². The maximum atomic E-state index is 11.7. The van der Waals surface area contributed by atoms with Crippen LogP contribution in [0, 0.1) is 10.5 Å². The number of carbonyl (C=O) groups excluding carboxylic acids is 1. The van der Waals surface area contributed by atoms with Crippen molar-refractivity contribution in [2.24, 2.45) is 5.73 Å². The fourth-order valence-electron chi connectivity index (χ4n) is 1.56. The maximum absolute atomic E-state index is 11.7. The highest BCUT2D eigenvalue weighted by molar-refractivity contribution is 14.1. The van der Waals surface area contributed by atoms with E-state index in [-0.39, 0.29) is 5.91 Å². The molecule has 0 unspecified atom stereocenters. The molecule has 17 heavy (non-hydrogen) atoms. The highest BCUT2D eigenvalue weighted by Crippen LogP contribution is 2.20. The summed E-state index contributed by atoms with van der Waals surface area (Å²) in [5.41, 5.74) is 7.45. The summed E-state index contributed by atoms with van der Waals surface area (Å²) >= 11 is 2.27. The molecule has 0 saturated heterocycles. The first kappa shape index (κ1) is 14.4. The van der Waals surface area contributed by atoms with Crippen molar-refractivity contribution in [3.63, 3.8) is 0 Å². The van der Waals surface area contributed by atoms with Crippen molar-refractivity contribution in [2.75, 3.05) is 11.9 Å². The van der Waals surface area contributed by atoms with Crippen molar-refractivity contribution in [3.05, 3.63) is 27.3 Å². The standard InChI is InChI=1S/C13H19IN2O/c1-10-11(14)6-5-7-12(10)16-13(17)8-3-2-4-9-15/h5-7H,2-4,8-9,15H2,1H3,(H,16,17). The Morgan fingerprint density at radius 1 is 1.35 bits per heavy atom. The van der Waals surface area contributed by atoms with E-state index in [1.807, 2.05) is 25.1 Å². The van der Waals surface area contributed by atoms with Crippen LogP contribution in [-0.2, 0) is 4.79 Å². The minimum Gasteiger partial charge on any atom is -0.330 e. The van der Waals surface area contributed by atoms with Crippen LogP contribution in [0.1, 0.15) is 31.2 Å². The smallest absolute Gasteiger partial charge is 0.224 e. The van der Waals surface area contributed by atoms with Gasteiger partial charge in [-0.15, -0.1) is 0 Å². The largest absolute Gasteiger partial charge is 0.330 e. The van der Waals surface area contributed by atoms with E-state index in [2.05, 4.69) is 27.9 Å². The lowest BCUT2D eigenvalue weighted by Gasteiger charge is -2.09. The fraction of sp³-hybridized carbons (Fsp3) is 0.462. The number of hydrogen-bond donors (Lipinski definition) is 2. The molecule has 0 saturated carbocycles. The van der Waals surface area contributed by atoms with E-state index in [1.54, 1.807) is 0 Å². The molecule has 1 amide bonds. The first-order valence-corrected chi connectivity index (χ1v) is 6.98. The average molecular weight is 346 g/mol. The SMILES string of the molecule is Cc1c(I)cccc1NC(=O)CCCCCN. The fourth-order valence-corrected chi connectivity index (χ4v) is 2.06. The second-order valence-corrected chi connectivity index (χ2v) is 5.22. The summed E-state index contributed by atoms with van der Waals surface area (Å²) in [7, 11) is 0. The van der Waals surface area contributed by atoms with Crippen molar-refractivity contribution >= 4 is 34.2 Å². The van der Waals surface area contributed by atoms with Gasteiger partial charge in [-0.05, 0) is 66.6 Å². The third kappa shape index (κ3) is 5.04. The van der Waals surface area contributed by atoms with Crippen molar-refractivity contribution in [3.8, 4) is 0 Å². The van der Waals surface area contributed by atoms with Gasteiger partial charge in [0.15, 0.2) is 0 Å². The molecule has 0 aromatic heterocycles. The van der Waals surface area contributed by atoms with Gasteiger partial charge in [-0.1, -0.05) is 12.5 Å². The van der Waals surface area contributed by atoms with Gasteiger partial charge in [-0.3, -0.25) is 4.79 Å². The predicted octanol–water partition coefficient (Wildman–Crippen LogP) is 3.06. The van der Waals surface area contributed by atoms with Crippen LogP contribution in [-0.4, -0.2) is 12.5 Å². The zero-order chi connectivity index (χ0) is 12.7. The molecule has 4 heteroatoms. The highest BCUT2D eigenvalue weighted by atomic mass is 127. The molecule has 0 aliphatic rings. The Hall–Kier alpha value is -0.620. The Balaban J connectivity index is 2.43. The lowest BCUT2D eigenvalue weighted by molar-refractivity contribution is -0.116. The van der Waals surface area contributed by atoms with Crippen LogP contribution in [0.5, 0.6) is 0 Å². The van der Waals surface area contributed by atoms with Crippen LogP contribution in [0.2, 0.25) is 0 Å². The number of halogens is 1. The van der Waals surface area contributed by atoms with E-state index >= 15 is 0 Å². The minimum absolute atomic E-state index is 0.0899. The van der Waals surface area contributed by atoms with E-state index in [4.69, 9.17) is 5.73 Å². The highest BCUT2D eigenvalue weighted by Gasteiger charge is 2.05. The van der Waals surface area contributed by atoms with Crippen molar-refractivity contribution in [1.29, 1.82) is 0 Å². The second-order valence-electron chi connectivity index (χ2n) is 4.06. The molecule has 94 valence electrons. The van der Waals surface area contributed by atoms with E-state index in [1.165, 1.54) is 3.57 Å². The summed E-state index contributed by atoms with van der Waals surface area (Å²) < 4.78 is 1.17. The van der Waals surface area contributed by atoms with Gasteiger partial charge in [0.1, 0.15) is 0 Å². The van der Waals surface area contributed by atoms with Crippen LogP contribution in [0.3, 0.4) is 0 Å². The van der Waals surface area contributed by atoms with Gasteiger partial charge in [-0.2, -0.15) is 0 Å². The number of anilines is 1. The number of amides is 1. The summed E-state index contributed by atoms with van der Waals surface area (Å²) in [5.74, 6) is 0.0899. The summed E-state index contributed by atoms with van der Waals surface area (Å²) in [5, 5.41) is 2.95. The normalized spacial score (nSPS) is 10.3. The molecule has 0 atom stereocenters. The molecule has 3 N–H and O–H groups in total. The predicted molar refractivity (Wildman–Crippen MR) is 80.0 cm³/mol. The summed E-state index contributed by atoms with van der Waals surface area (Å²) in [6.45, 7) is 2.73. The van der Waals surface area contributed by atoms with E-state index in [0.717, 1.165) is 30.5 Å². The number of nitrogens with two attached hydrogens (primary N) is 1. The Labute approximate surface area is 116 Å². The first-order chi connectivity index (χ1) is 8.15. The zero-order valence-electron chi connectivity index (χ0n) is 10.1.